The van der Waals surface area contributed by atoms with Crippen LogP contribution >= 0.6 is 0 Å². The van der Waals surface area contributed by atoms with E-state index in [-0.39, 0.29) is 38.1 Å². The first-order valence-corrected chi connectivity index (χ1v) is 29.3. The third-order valence-corrected chi connectivity index (χ3v) is 16.6. The summed E-state index contributed by atoms with van der Waals surface area (Å²) in [5.41, 5.74) is 1.92. The fraction of sp³-hybridized carbons (Fsp3) is 0.531. The van der Waals surface area contributed by atoms with Crippen molar-refractivity contribution in [2.24, 2.45) is 17.8 Å². The number of likely N-dealkylation sites (N-methyl/N-ethyl adjacent to an activating group) is 4. The molecular weight excluding hydrogens is 1070 g/mol. The number of aromatic nitrogens is 1. The number of nitrogens with one attached hydrogen (secondary N) is 3. The quantitative estimate of drug-likeness (QED) is 0.138. The number of nitrogens with zero attached hydrogens (tertiary/aromatic N) is 6. The SMILES string of the molecule is CCC(C)C1NC(=O)C2CCCN2C(=O)C(Cc2cccc(-c3cccc4ncccc34)c2)N(C)C(=O)C(Cc2ccccc2)NC(=O)CN(C)C(=O)C([C@H](C)CC)OC(=O)C(C(C)(C)O)N(C)C(=O)C(CC(C)C)NC(=O)[C@H](C)N(C)C1=O. The number of hydrogen-bond acceptors (Lipinski definition) is 12. The summed E-state index contributed by atoms with van der Waals surface area (Å²) in [6, 6.07) is 17.3. The second kappa shape index (κ2) is 28.7. The molecule has 3 heterocycles. The number of ether oxygens (including phenoxy) is 1. The van der Waals surface area contributed by atoms with Gasteiger partial charge in [-0.2, -0.15) is 0 Å². The highest BCUT2D eigenvalue weighted by atomic mass is 16.6. The van der Waals surface area contributed by atoms with Crippen LogP contribution in [0.4, 0.5) is 0 Å². The van der Waals surface area contributed by atoms with Gasteiger partial charge in [0, 0.05) is 65.1 Å². The van der Waals surface area contributed by atoms with Gasteiger partial charge in [0.25, 0.3) is 5.91 Å². The van der Waals surface area contributed by atoms with Gasteiger partial charge in [-0.15, -0.1) is 0 Å². The highest BCUT2D eigenvalue weighted by Crippen LogP contribution is 2.31. The van der Waals surface area contributed by atoms with Gasteiger partial charge >= 0.3 is 5.97 Å². The minimum Gasteiger partial charge on any atom is -0.450 e. The molecule has 0 aliphatic carbocycles. The summed E-state index contributed by atoms with van der Waals surface area (Å²) in [5, 5.41) is 21.1. The lowest BCUT2D eigenvalue weighted by atomic mass is 9.94. The predicted molar refractivity (Wildman–Crippen MR) is 319 cm³/mol. The molecule has 20 nitrogen and oxygen atoms in total. The van der Waals surface area contributed by atoms with Crippen LogP contribution in [0, 0.1) is 17.8 Å². The van der Waals surface area contributed by atoms with E-state index in [2.05, 4.69) is 20.9 Å². The third kappa shape index (κ3) is 15.7. The van der Waals surface area contributed by atoms with Gasteiger partial charge in [0.15, 0.2) is 12.1 Å². The molecule has 0 spiro atoms. The molecule has 4 aromatic rings. The fourth-order valence-corrected chi connectivity index (χ4v) is 11.1. The number of benzene rings is 3. The lowest BCUT2D eigenvalue weighted by molar-refractivity contribution is -0.176. The molecule has 2 saturated heterocycles. The van der Waals surface area contributed by atoms with Crippen LogP contribution in [-0.4, -0.2) is 183 Å². The van der Waals surface area contributed by atoms with E-state index in [4.69, 9.17) is 4.74 Å². The molecule has 2 aliphatic heterocycles. The zero-order valence-electron chi connectivity index (χ0n) is 51.1. The van der Waals surface area contributed by atoms with Crippen molar-refractivity contribution < 1.29 is 53.0 Å². The predicted octanol–water partition coefficient (Wildman–Crippen LogP) is 4.93. The Morgan fingerprint density at radius 2 is 1.33 bits per heavy atom. The molecule has 8 unspecified atom stereocenters. The monoisotopic (exact) mass is 1160 g/mol. The minimum absolute atomic E-state index is 0.0196. The number of pyridine rings is 1. The van der Waals surface area contributed by atoms with Crippen molar-refractivity contribution in [1.82, 2.24) is 45.4 Å². The standard InChI is InChI=1S/C64H87N9O11/c1-14-39(5)53-61(80)70(11)41(7)56(75)67-48(33-38(3)4)59(78)72(13)55(64(8,9)83)63(82)84-54(40(6)15-2)62(81)69(10)37-52(74)66-49(35-42-23-17-16-18-24-42)58(77)71(12)51(60(79)73-32-22-30-50(73)57(76)68-53)36-43-25-19-26-44(34-43)45-27-20-29-47-46(45)28-21-31-65-47/h16-21,23-29,31,34,38-41,48-51,53-55,83H,14-15,22,30,32-33,35-37H2,1-13H3,(H,66,74)(H,67,75)(H,68,76)/t39?,40-,41+,48?,49?,50?,51?,53?,54?,55?/m1/s1. The largest absolute Gasteiger partial charge is 0.450 e. The summed E-state index contributed by atoms with van der Waals surface area (Å²) in [6.45, 7) is 14.4. The zero-order chi connectivity index (χ0) is 61.9. The number of fused-ring (bicyclic) bond motifs is 2. The van der Waals surface area contributed by atoms with E-state index in [1.807, 2.05) is 81.4 Å². The van der Waals surface area contributed by atoms with E-state index in [0.717, 1.165) is 31.8 Å². The first kappa shape index (κ1) is 65.4. The van der Waals surface area contributed by atoms with Gasteiger partial charge in [-0.3, -0.25) is 43.3 Å². The molecule has 0 bridgehead atoms. The van der Waals surface area contributed by atoms with Gasteiger partial charge in [0.2, 0.25) is 41.4 Å². The topological polar surface area (TPSA) is 248 Å². The maximum Gasteiger partial charge on any atom is 0.332 e. The van der Waals surface area contributed by atoms with Crippen LogP contribution in [0.2, 0.25) is 0 Å². The molecule has 0 radical (unpaired) electrons. The Morgan fingerprint density at radius 1 is 0.679 bits per heavy atom. The van der Waals surface area contributed by atoms with E-state index in [1.54, 1.807) is 51.2 Å². The molecule has 6 rings (SSSR count). The lowest BCUT2D eigenvalue weighted by Crippen LogP contribution is -2.62. The van der Waals surface area contributed by atoms with Crippen LogP contribution in [0.5, 0.6) is 0 Å². The molecule has 1 aromatic heterocycles. The Kier molecular flexibility index (Phi) is 22.3. The number of esters is 1. The van der Waals surface area contributed by atoms with Crippen molar-refractivity contribution in [3.63, 3.8) is 0 Å². The molecule has 0 saturated carbocycles. The maximum atomic E-state index is 15.6. The van der Waals surface area contributed by atoms with E-state index in [0.29, 0.717) is 30.4 Å². The molecule has 10 atom stereocenters. The molecular formula is C64H87N9O11. The molecule has 4 N–H and O–H groups in total. The number of hydrogen-bond donors (Lipinski definition) is 4. The van der Waals surface area contributed by atoms with Crippen LogP contribution in [0.1, 0.15) is 106 Å². The van der Waals surface area contributed by atoms with E-state index >= 15 is 9.59 Å². The van der Waals surface area contributed by atoms with Gasteiger partial charge < -0.3 is 50.3 Å². The number of amides is 8. The van der Waals surface area contributed by atoms with Crippen molar-refractivity contribution in [2.75, 3.05) is 41.3 Å². The second-order valence-corrected chi connectivity index (χ2v) is 23.9. The van der Waals surface area contributed by atoms with Crippen LogP contribution < -0.4 is 16.0 Å². The summed E-state index contributed by atoms with van der Waals surface area (Å²) in [7, 11) is 5.54. The highest BCUT2D eigenvalue weighted by Gasteiger charge is 2.47. The molecule has 454 valence electrons. The van der Waals surface area contributed by atoms with E-state index in [9.17, 15) is 38.7 Å². The fourth-order valence-electron chi connectivity index (χ4n) is 11.1. The summed E-state index contributed by atoms with van der Waals surface area (Å²) in [5.74, 6) is -7.81. The average molecular weight is 1160 g/mol. The van der Waals surface area contributed by atoms with Crippen molar-refractivity contribution in [3.05, 3.63) is 102 Å². The number of cyclic esters (lactones) is 1. The van der Waals surface area contributed by atoms with Crippen LogP contribution in [-0.2, 0) is 60.7 Å². The Labute approximate surface area is 494 Å². The smallest absolute Gasteiger partial charge is 0.332 e. The second-order valence-electron chi connectivity index (χ2n) is 23.9. The summed E-state index contributed by atoms with van der Waals surface area (Å²) in [6.07, 6.45) is 1.68. The van der Waals surface area contributed by atoms with Gasteiger partial charge in [0.05, 0.1) is 17.7 Å². The molecule has 2 fully saturated rings. The summed E-state index contributed by atoms with van der Waals surface area (Å²) < 4.78 is 5.98. The van der Waals surface area contributed by atoms with Crippen LogP contribution in [0.15, 0.2) is 91.1 Å². The average Bonchev–Trinajstić information content (AvgIpc) is 4.14. The molecule has 84 heavy (non-hydrogen) atoms. The Balaban J connectivity index is 1.47. The maximum absolute atomic E-state index is 15.6. The van der Waals surface area contributed by atoms with Gasteiger partial charge in [-0.25, -0.2) is 4.79 Å². The van der Waals surface area contributed by atoms with Crippen molar-refractivity contribution in [1.29, 1.82) is 0 Å². The van der Waals surface area contributed by atoms with E-state index in [1.165, 1.54) is 63.7 Å². The number of carbonyl (C=O) groups excluding carboxylic acids is 9. The Hall–Kier alpha value is -7.74. The third-order valence-electron chi connectivity index (χ3n) is 16.6. The Bertz CT molecular complexity index is 3020. The summed E-state index contributed by atoms with van der Waals surface area (Å²) in [4.78, 5) is 143. The molecule has 2 aliphatic rings. The van der Waals surface area contributed by atoms with E-state index < -0.39 is 126 Å². The van der Waals surface area contributed by atoms with Crippen molar-refractivity contribution in [3.8, 4) is 11.1 Å². The van der Waals surface area contributed by atoms with Crippen molar-refractivity contribution in [2.45, 2.75) is 161 Å². The minimum atomic E-state index is -1.97. The Morgan fingerprint density at radius 3 is 1.99 bits per heavy atom. The van der Waals surface area contributed by atoms with Gasteiger partial charge in [-0.05, 0) is 92.7 Å². The highest BCUT2D eigenvalue weighted by molar-refractivity contribution is 5.99. The zero-order valence-corrected chi connectivity index (χ0v) is 51.1. The number of aliphatic hydroxyl groups is 1. The summed E-state index contributed by atoms with van der Waals surface area (Å²) >= 11 is 0. The lowest BCUT2D eigenvalue weighted by Gasteiger charge is -2.38. The normalized spacial score (nSPS) is 24.6. The number of carbonyl (C=O) groups is 9. The first-order chi connectivity index (χ1) is 39.7. The van der Waals surface area contributed by atoms with Crippen molar-refractivity contribution >= 4 is 64.1 Å². The first-order valence-electron chi connectivity index (χ1n) is 29.3. The number of rotatable bonds is 12. The van der Waals surface area contributed by atoms with Gasteiger partial charge in [0.1, 0.15) is 36.3 Å². The molecule has 8 amide bonds. The van der Waals surface area contributed by atoms with Gasteiger partial charge in [-0.1, -0.05) is 121 Å². The van der Waals surface area contributed by atoms with Crippen LogP contribution in [0.25, 0.3) is 22.0 Å². The molecule has 20 heteroatoms. The van der Waals surface area contributed by atoms with Crippen LogP contribution in [0.3, 0.4) is 0 Å². The molecule has 3 aromatic carbocycles.